The van der Waals surface area contributed by atoms with Crippen LogP contribution < -0.4 is 10.0 Å². The number of anilines is 1. The molecule has 3 rings (SSSR count). The zero-order valence-corrected chi connectivity index (χ0v) is 19.2. The van der Waals surface area contributed by atoms with Gasteiger partial charge in [-0.25, -0.2) is 13.1 Å². The fourth-order valence-corrected chi connectivity index (χ4v) is 4.66. The average molecular weight is 453 g/mol. The van der Waals surface area contributed by atoms with Crippen molar-refractivity contribution in [2.75, 3.05) is 11.9 Å². The van der Waals surface area contributed by atoms with Gasteiger partial charge in [-0.1, -0.05) is 66.7 Å². The minimum Gasteiger partial charge on any atom is -0.359 e. The molecule has 0 radical (unpaired) electrons. The molecular formula is C25H28N2O4S. The monoisotopic (exact) mass is 452 g/mol. The Bertz CT molecular complexity index is 1100. The van der Waals surface area contributed by atoms with Gasteiger partial charge in [0.1, 0.15) is 12.7 Å². The van der Waals surface area contributed by atoms with Crippen LogP contribution in [-0.4, -0.2) is 26.5 Å². The van der Waals surface area contributed by atoms with Gasteiger partial charge in [0.2, 0.25) is 15.9 Å². The van der Waals surface area contributed by atoms with Crippen molar-refractivity contribution in [2.45, 2.75) is 37.3 Å². The largest absolute Gasteiger partial charge is 0.359 e. The van der Waals surface area contributed by atoms with E-state index in [1.54, 1.807) is 32.9 Å². The highest BCUT2D eigenvalue weighted by molar-refractivity contribution is 7.89. The van der Waals surface area contributed by atoms with Gasteiger partial charge >= 0.3 is 0 Å². The molecule has 32 heavy (non-hydrogen) atoms. The first-order valence-corrected chi connectivity index (χ1v) is 11.8. The van der Waals surface area contributed by atoms with Crippen LogP contribution >= 0.6 is 0 Å². The summed E-state index contributed by atoms with van der Waals surface area (Å²) in [5.74, 6) is -0.375. The first-order valence-electron chi connectivity index (χ1n) is 10.3. The smallest absolute Gasteiger partial charge is 0.250 e. The molecule has 0 aliphatic heterocycles. The summed E-state index contributed by atoms with van der Waals surface area (Å²) in [6, 6.07) is 25.5. The van der Waals surface area contributed by atoms with Crippen molar-refractivity contribution in [3.8, 4) is 0 Å². The number of sulfonamides is 1. The van der Waals surface area contributed by atoms with Gasteiger partial charge in [-0.15, -0.1) is 0 Å². The molecule has 3 aromatic carbocycles. The zero-order valence-electron chi connectivity index (χ0n) is 18.4. The molecule has 1 amide bonds. The predicted octanol–water partition coefficient (Wildman–Crippen LogP) is 4.51. The second-order valence-corrected chi connectivity index (χ2v) is 10.1. The minimum absolute atomic E-state index is 0.0811. The zero-order chi connectivity index (χ0) is 23.2. The summed E-state index contributed by atoms with van der Waals surface area (Å²) >= 11 is 0. The van der Waals surface area contributed by atoms with Gasteiger partial charge in [0.15, 0.2) is 0 Å². The Kier molecular flexibility index (Phi) is 7.45. The Morgan fingerprint density at radius 2 is 1.44 bits per heavy atom. The van der Waals surface area contributed by atoms with E-state index in [-0.39, 0.29) is 17.4 Å². The molecule has 6 nitrogen and oxygen atoms in total. The molecule has 3 aromatic rings. The van der Waals surface area contributed by atoms with Gasteiger partial charge in [-0.3, -0.25) is 4.79 Å². The number of hydrogen-bond acceptors (Lipinski definition) is 4. The number of nitrogens with one attached hydrogen (secondary N) is 2. The quantitative estimate of drug-likeness (QED) is 0.527. The molecule has 7 heteroatoms. The molecule has 0 atom stereocenters. The highest BCUT2D eigenvalue weighted by Gasteiger charge is 2.22. The third kappa shape index (κ3) is 6.75. The Morgan fingerprint density at radius 3 is 1.97 bits per heavy atom. The summed E-state index contributed by atoms with van der Waals surface area (Å²) in [5.41, 5.74) is 1.64. The van der Waals surface area contributed by atoms with E-state index in [1.807, 2.05) is 60.7 Å². The fraction of sp³-hybridized carbons (Fsp3) is 0.240. The lowest BCUT2D eigenvalue weighted by Gasteiger charge is -2.20. The molecule has 0 heterocycles. The first kappa shape index (κ1) is 23.7. The number of rotatable bonds is 8. The van der Waals surface area contributed by atoms with Crippen LogP contribution in [0.3, 0.4) is 0 Å². The van der Waals surface area contributed by atoms with Crippen molar-refractivity contribution < 1.29 is 17.9 Å². The predicted molar refractivity (Wildman–Crippen MR) is 126 cm³/mol. The average Bonchev–Trinajstić information content (AvgIpc) is 2.74. The molecule has 0 aliphatic rings. The van der Waals surface area contributed by atoms with Gasteiger partial charge in [0.25, 0.3) is 0 Å². The van der Waals surface area contributed by atoms with Gasteiger partial charge < -0.3 is 10.1 Å². The first-order chi connectivity index (χ1) is 15.1. The van der Waals surface area contributed by atoms with Crippen molar-refractivity contribution >= 4 is 21.6 Å². The third-order valence-electron chi connectivity index (χ3n) is 4.45. The van der Waals surface area contributed by atoms with Gasteiger partial charge in [-0.05, 0) is 50.1 Å². The third-order valence-corrected chi connectivity index (χ3v) is 6.21. The van der Waals surface area contributed by atoms with E-state index < -0.39 is 21.7 Å². The molecule has 0 saturated heterocycles. The summed E-state index contributed by atoms with van der Waals surface area (Å²) in [5, 5.41) is 2.72. The van der Waals surface area contributed by atoms with Crippen LogP contribution in [0.4, 0.5) is 5.69 Å². The van der Waals surface area contributed by atoms with E-state index in [4.69, 9.17) is 4.74 Å². The topological polar surface area (TPSA) is 84.5 Å². The molecule has 2 N–H and O–H groups in total. The second-order valence-electron chi connectivity index (χ2n) is 8.44. The van der Waals surface area contributed by atoms with Crippen LogP contribution in [-0.2, 0) is 19.6 Å². The van der Waals surface area contributed by atoms with E-state index in [2.05, 4.69) is 10.0 Å². The summed E-state index contributed by atoms with van der Waals surface area (Å²) in [4.78, 5) is 12.6. The van der Waals surface area contributed by atoms with Gasteiger partial charge in [0.05, 0.1) is 4.90 Å². The van der Waals surface area contributed by atoms with Crippen LogP contribution in [0.5, 0.6) is 0 Å². The van der Waals surface area contributed by atoms with E-state index in [1.165, 1.54) is 12.1 Å². The molecule has 0 unspecified atom stereocenters. The van der Waals surface area contributed by atoms with Crippen LogP contribution in [0.25, 0.3) is 0 Å². The Hall–Kier alpha value is -3.00. The maximum atomic E-state index is 12.6. The standard InChI is InChI=1S/C25H28N2O4S/c1-25(2,3)27-32(29,30)22-16-10-15-21(17-22)26-23(28)18-31-24(19-11-6-4-7-12-19)20-13-8-5-9-14-20/h4-17,24,27H,18H2,1-3H3,(H,26,28). The maximum Gasteiger partial charge on any atom is 0.250 e. The molecular weight excluding hydrogens is 424 g/mol. The second kappa shape index (κ2) is 10.1. The summed E-state index contributed by atoms with van der Waals surface area (Å²) in [6.07, 6.45) is -0.397. The number of amides is 1. The number of carbonyl (C=O) groups excluding carboxylic acids is 1. The van der Waals surface area contributed by atoms with Crippen molar-refractivity contribution in [1.29, 1.82) is 0 Å². The summed E-state index contributed by atoms with van der Waals surface area (Å²) in [6.45, 7) is 5.11. The molecule has 0 saturated carbocycles. The number of benzene rings is 3. The highest BCUT2D eigenvalue weighted by atomic mass is 32.2. The maximum absolute atomic E-state index is 12.6. The number of carbonyl (C=O) groups is 1. The van der Waals surface area contributed by atoms with E-state index in [0.29, 0.717) is 5.69 Å². The SMILES string of the molecule is CC(C)(C)NS(=O)(=O)c1cccc(NC(=O)COC(c2ccccc2)c2ccccc2)c1. The van der Waals surface area contributed by atoms with E-state index in [0.717, 1.165) is 11.1 Å². The van der Waals surface area contributed by atoms with Crippen LogP contribution in [0.2, 0.25) is 0 Å². The van der Waals surface area contributed by atoms with Gasteiger partial charge in [-0.2, -0.15) is 0 Å². The molecule has 0 aliphatic carbocycles. The summed E-state index contributed by atoms with van der Waals surface area (Å²) < 4.78 is 33.7. The Morgan fingerprint density at radius 1 is 0.875 bits per heavy atom. The fourth-order valence-electron chi connectivity index (χ4n) is 3.20. The van der Waals surface area contributed by atoms with E-state index in [9.17, 15) is 13.2 Å². The van der Waals surface area contributed by atoms with Crippen molar-refractivity contribution in [3.63, 3.8) is 0 Å². The minimum atomic E-state index is -3.71. The van der Waals surface area contributed by atoms with Gasteiger partial charge in [0, 0.05) is 11.2 Å². The normalized spacial score (nSPS) is 12.0. The molecule has 0 spiro atoms. The van der Waals surface area contributed by atoms with Crippen LogP contribution in [0.1, 0.15) is 38.0 Å². The molecule has 0 fully saturated rings. The summed E-state index contributed by atoms with van der Waals surface area (Å²) in [7, 11) is -3.71. The molecule has 0 aromatic heterocycles. The number of ether oxygens (including phenoxy) is 1. The number of hydrogen-bond donors (Lipinski definition) is 2. The van der Waals surface area contributed by atoms with Crippen molar-refractivity contribution in [1.82, 2.24) is 4.72 Å². The molecule has 168 valence electrons. The lowest BCUT2D eigenvalue weighted by molar-refractivity contribution is -0.121. The van der Waals surface area contributed by atoms with E-state index >= 15 is 0 Å². The van der Waals surface area contributed by atoms with Crippen LogP contribution in [0.15, 0.2) is 89.8 Å². The van der Waals surface area contributed by atoms with Crippen LogP contribution in [0, 0.1) is 0 Å². The highest BCUT2D eigenvalue weighted by Crippen LogP contribution is 2.26. The lowest BCUT2D eigenvalue weighted by atomic mass is 10.0. The Labute approximate surface area is 189 Å². The molecule has 0 bridgehead atoms. The van der Waals surface area contributed by atoms with Crippen molar-refractivity contribution in [2.24, 2.45) is 0 Å². The lowest BCUT2D eigenvalue weighted by Crippen LogP contribution is -2.40. The van der Waals surface area contributed by atoms with Crippen molar-refractivity contribution in [3.05, 3.63) is 96.1 Å². The Balaban J connectivity index is 1.70.